The molecule has 0 heterocycles. The summed E-state index contributed by atoms with van der Waals surface area (Å²) in [5.74, 6) is -0.782. The highest BCUT2D eigenvalue weighted by Gasteiger charge is 2.18. The van der Waals surface area contributed by atoms with Gasteiger partial charge < -0.3 is 5.32 Å². The van der Waals surface area contributed by atoms with E-state index < -0.39 is 11.6 Å². The monoisotopic (exact) mass is 305 g/mol. The number of rotatable bonds is 5. The molecule has 1 nitrogen and oxygen atoms in total. The Morgan fingerprint density at radius 2 is 1.94 bits per heavy atom. The van der Waals surface area contributed by atoms with E-state index in [1.165, 1.54) is 12.1 Å². The van der Waals surface area contributed by atoms with E-state index in [1.807, 2.05) is 20.8 Å². The fourth-order valence-corrected chi connectivity index (χ4v) is 2.15. The van der Waals surface area contributed by atoms with Crippen molar-refractivity contribution in [2.75, 3.05) is 6.54 Å². The van der Waals surface area contributed by atoms with Crippen LogP contribution in [0.3, 0.4) is 0 Å². The van der Waals surface area contributed by atoms with E-state index in [4.69, 9.17) is 0 Å². The first-order valence-electron chi connectivity index (χ1n) is 5.83. The molecule has 4 heteroatoms. The molecule has 0 saturated heterocycles. The molecule has 17 heavy (non-hydrogen) atoms. The SMILES string of the molecule is CCNC(C)C(C)Cc1c(F)ccc(Br)c1F. The summed E-state index contributed by atoms with van der Waals surface area (Å²) in [5.41, 5.74) is 0.164. The average Bonchev–Trinajstić information content (AvgIpc) is 2.29. The molecule has 1 rings (SSSR count). The molecule has 96 valence electrons. The largest absolute Gasteiger partial charge is 0.314 e. The molecule has 1 N–H and O–H groups in total. The van der Waals surface area contributed by atoms with Crippen molar-refractivity contribution in [2.24, 2.45) is 5.92 Å². The number of hydrogen-bond acceptors (Lipinski definition) is 1. The van der Waals surface area contributed by atoms with Gasteiger partial charge in [0.25, 0.3) is 0 Å². The van der Waals surface area contributed by atoms with Crippen molar-refractivity contribution in [3.63, 3.8) is 0 Å². The molecule has 2 atom stereocenters. The minimum Gasteiger partial charge on any atom is -0.314 e. The molecule has 0 amide bonds. The molecule has 0 radical (unpaired) electrons. The maximum absolute atomic E-state index is 13.8. The lowest BCUT2D eigenvalue weighted by Crippen LogP contribution is -2.33. The van der Waals surface area contributed by atoms with E-state index in [2.05, 4.69) is 21.2 Å². The highest BCUT2D eigenvalue weighted by atomic mass is 79.9. The van der Waals surface area contributed by atoms with E-state index in [0.29, 0.717) is 10.9 Å². The van der Waals surface area contributed by atoms with Crippen LogP contribution in [0.2, 0.25) is 0 Å². The molecule has 0 aliphatic carbocycles. The summed E-state index contributed by atoms with van der Waals surface area (Å²) in [6.45, 7) is 6.90. The summed E-state index contributed by atoms with van der Waals surface area (Å²) in [6, 6.07) is 2.93. The zero-order valence-electron chi connectivity index (χ0n) is 10.4. The van der Waals surface area contributed by atoms with E-state index >= 15 is 0 Å². The predicted molar refractivity (Wildman–Crippen MR) is 70.1 cm³/mol. The topological polar surface area (TPSA) is 12.0 Å². The zero-order chi connectivity index (χ0) is 13.0. The average molecular weight is 306 g/mol. The van der Waals surface area contributed by atoms with E-state index in [0.717, 1.165) is 6.54 Å². The predicted octanol–water partition coefficient (Wildman–Crippen LogP) is 3.90. The van der Waals surface area contributed by atoms with Crippen LogP contribution in [0.25, 0.3) is 0 Å². The summed E-state index contributed by atoms with van der Waals surface area (Å²) in [5, 5.41) is 3.26. The molecule has 0 bridgehead atoms. The minimum absolute atomic E-state index is 0.164. The van der Waals surface area contributed by atoms with Crippen LogP contribution in [0, 0.1) is 17.6 Å². The van der Waals surface area contributed by atoms with Crippen molar-refractivity contribution in [2.45, 2.75) is 33.2 Å². The Hall–Kier alpha value is -0.480. The Morgan fingerprint density at radius 1 is 1.29 bits per heavy atom. The van der Waals surface area contributed by atoms with E-state index in [9.17, 15) is 8.78 Å². The third kappa shape index (κ3) is 3.75. The molecular weight excluding hydrogens is 288 g/mol. The van der Waals surface area contributed by atoms with Gasteiger partial charge in [-0.15, -0.1) is 0 Å². The molecule has 0 spiro atoms. The molecule has 1 aromatic carbocycles. The molecule has 1 aromatic rings. The Bertz CT molecular complexity index is 382. The summed E-state index contributed by atoms with van der Waals surface area (Å²) < 4.78 is 27.6. The lowest BCUT2D eigenvalue weighted by Gasteiger charge is -2.21. The first-order valence-corrected chi connectivity index (χ1v) is 6.62. The van der Waals surface area contributed by atoms with Crippen molar-refractivity contribution < 1.29 is 8.78 Å². The van der Waals surface area contributed by atoms with Gasteiger partial charge in [0, 0.05) is 11.6 Å². The van der Waals surface area contributed by atoms with Gasteiger partial charge in [0.15, 0.2) is 0 Å². The van der Waals surface area contributed by atoms with Crippen molar-refractivity contribution in [1.82, 2.24) is 5.32 Å². The standard InChI is InChI=1S/C13H18BrF2N/c1-4-17-9(3)8(2)7-10-12(15)6-5-11(14)13(10)16/h5-6,8-9,17H,4,7H2,1-3H3. The Labute approximate surface area is 110 Å². The van der Waals surface area contributed by atoms with Crippen LogP contribution < -0.4 is 5.32 Å². The highest BCUT2D eigenvalue weighted by Crippen LogP contribution is 2.24. The number of benzene rings is 1. The van der Waals surface area contributed by atoms with Crippen LogP contribution in [-0.2, 0) is 6.42 Å². The van der Waals surface area contributed by atoms with Crippen LogP contribution in [-0.4, -0.2) is 12.6 Å². The molecule has 0 saturated carbocycles. The first-order chi connectivity index (χ1) is 7.97. The third-order valence-electron chi connectivity index (χ3n) is 3.04. The number of nitrogens with one attached hydrogen (secondary N) is 1. The second-order valence-corrected chi connectivity index (χ2v) is 5.20. The van der Waals surface area contributed by atoms with Gasteiger partial charge in [-0.2, -0.15) is 0 Å². The van der Waals surface area contributed by atoms with Crippen molar-refractivity contribution in [1.29, 1.82) is 0 Å². The molecule has 0 fully saturated rings. The van der Waals surface area contributed by atoms with Gasteiger partial charge in [-0.25, -0.2) is 8.78 Å². The molecule has 0 aromatic heterocycles. The molecular formula is C13H18BrF2N. The van der Waals surface area contributed by atoms with Gasteiger partial charge in [0.05, 0.1) is 4.47 Å². The normalized spacial score (nSPS) is 14.7. The quantitative estimate of drug-likeness (QED) is 0.814. The van der Waals surface area contributed by atoms with Crippen molar-refractivity contribution in [3.8, 4) is 0 Å². The summed E-state index contributed by atoms with van der Waals surface area (Å²) in [4.78, 5) is 0. The van der Waals surface area contributed by atoms with Crippen LogP contribution in [0.1, 0.15) is 26.3 Å². The van der Waals surface area contributed by atoms with Gasteiger partial charge in [-0.05, 0) is 53.9 Å². The van der Waals surface area contributed by atoms with Crippen molar-refractivity contribution in [3.05, 3.63) is 33.8 Å². The lowest BCUT2D eigenvalue weighted by atomic mass is 9.94. The van der Waals surface area contributed by atoms with Gasteiger partial charge in [0.1, 0.15) is 11.6 Å². The number of hydrogen-bond donors (Lipinski definition) is 1. The minimum atomic E-state index is -0.486. The smallest absolute Gasteiger partial charge is 0.143 e. The van der Waals surface area contributed by atoms with Crippen LogP contribution in [0.4, 0.5) is 8.78 Å². The molecule has 0 aliphatic rings. The van der Waals surface area contributed by atoms with Gasteiger partial charge in [-0.1, -0.05) is 13.8 Å². The summed E-state index contributed by atoms with van der Waals surface area (Å²) in [7, 11) is 0. The van der Waals surface area contributed by atoms with E-state index in [-0.39, 0.29) is 17.5 Å². The number of halogens is 3. The van der Waals surface area contributed by atoms with Gasteiger partial charge >= 0.3 is 0 Å². The Kier molecular flexibility index (Phi) is 5.53. The van der Waals surface area contributed by atoms with Crippen LogP contribution in [0.5, 0.6) is 0 Å². The Balaban J connectivity index is 2.84. The second-order valence-electron chi connectivity index (χ2n) is 4.35. The fraction of sp³-hybridized carbons (Fsp3) is 0.538. The molecule has 0 aliphatic heterocycles. The van der Waals surface area contributed by atoms with Gasteiger partial charge in [-0.3, -0.25) is 0 Å². The maximum Gasteiger partial charge on any atom is 0.143 e. The van der Waals surface area contributed by atoms with E-state index in [1.54, 1.807) is 0 Å². The Morgan fingerprint density at radius 3 is 2.53 bits per heavy atom. The van der Waals surface area contributed by atoms with Crippen LogP contribution in [0.15, 0.2) is 16.6 Å². The maximum atomic E-state index is 13.8. The summed E-state index contributed by atoms with van der Waals surface area (Å²) in [6.07, 6.45) is 0.394. The summed E-state index contributed by atoms with van der Waals surface area (Å²) >= 11 is 3.08. The van der Waals surface area contributed by atoms with Gasteiger partial charge in [0.2, 0.25) is 0 Å². The fourth-order valence-electron chi connectivity index (χ4n) is 1.78. The lowest BCUT2D eigenvalue weighted by molar-refractivity contribution is 0.394. The third-order valence-corrected chi connectivity index (χ3v) is 3.66. The first kappa shape index (κ1) is 14.6. The van der Waals surface area contributed by atoms with Crippen molar-refractivity contribution >= 4 is 15.9 Å². The van der Waals surface area contributed by atoms with Crippen LogP contribution >= 0.6 is 15.9 Å². The second kappa shape index (κ2) is 6.45. The highest BCUT2D eigenvalue weighted by molar-refractivity contribution is 9.10. The molecule has 2 unspecified atom stereocenters. The zero-order valence-corrected chi connectivity index (χ0v) is 11.9.